The quantitative estimate of drug-likeness (QED) is 0.444. The molecule has 84 valence electrons. The van der Waals surface area contributed by atoms with E-state index in [0.717, 1.165) is 0 Å². The highest BCUT2D eigenvalue weighted by Gasteiger charge is 2.38. The van der Waals surface area contributed by atoms with Gasteiger partial charge in [-0.1, -0.05) is 11.6 Å². The van der Waals surface area contributed by atoms with Gasteiger partial charge in [-0.25, -0.2) is 4.98 Å². The van der Waals surface area contributed by atoms with Crippen LogP contribution in [0.1, 0.15) is 5.56 Å². The van der Waals surface area contributed by atoms with Crippen LogP contribution in [0, 0.1) is 0 Å². The summed E-state index contributed by atoms with van der Waals surface area (Å²) in [5.74, 6) is 0. The highest BCUT2D eigenvalue weighted by molar-refractivity contribution is 7.86. The molecule has 0 spiro atoms. The highest BCUT2D eigenvalue weighted by atomic mass is 35.5. The zero-order valence-electron chi connectivity index (χ0n) is 6.72. The van der Waals surface area contributed by atoms with E-state index in [1.165, 1.54) is 0 Å². The van der Waals surface area contributed by atoms with E-state index < -0.39 is 32.0 Å². The van der Waals surface area contributed by atoms with Gasteiger partial charge in [0.25, 0.3) is 0 Å². The van der Waals surface area contributed by atoms with Crippen molar-refractivity contribution in [3.8, 4) is 0 Å². The summed E-state index contributed by atoms with van der Waals surface area (Å²) in [5.41, 5.74) is -1.68. The Morgan fingerprint density at radius 2 is 1.87 bits per heavy atom. The molecule has 1 rings (SSSR count). The maximum absolute atomic E-state index is 12.4. The van der Waals surface area contributed by atoms with Crippen LogP contribution in [0.25, 0.3) is 0 Å². The fourth-order valence-electron chi connectivity index (χ4n) is 0.833. The average molecular weight is 264 g/mol. The molecule has 0 unspecified atom stereocenters. The number of rotatable bonds is 1. The fourth-order valence-corrected chi connectivity index (χ4v) is 1.61. The van der Waals surface area contributed by atoms with Crippen molar-refractivity contribution in [2.75, 3.05) is 0 Å². The smallest absolute Gasteiger partial charge is 0.243 e. The van der Waals surface area contributed by atoms with Gasteiger partial charge >= 0.3 is 16.4 Å². The van der Waals surface area contributed by atoms with Crippen molar-refractivity contribution in [2.24, 2.45) is 0 Å². The summed E-state index contributed by atoms with van der Waals surface area (Å²) in [6.07, 6.45) is -4.79. The van der Waals surface area contributed by atoms with Crippen molar-refractivity contribution in [1.29, 1.82) is 0 Å². The molecule has 1 heterocycles. The van der Waals surface area contributed by atoms with Crippen molar-refractivity contribution in [1.82, 2.24) is 4.98 Å². The molecule has 0 aliphatic carbocycles. The van der Waals surface area contributed by atoms with Crippen molar-refractivity contribution in [3.05, 3.63) is 23.0 Å². The monoisotopic (exact) mass is 263 g/mol. The second-order valence-corrected chi connectivity index (χ2v) is 4.14. The Morgan fingerprint density at radius 3 is 2.27 bits per heavy atom. The lowest BCUT2D eigenvalue weighted by molar-refractivity contribution is -0.140. The molecule has 0 N–H and O–H groups in total. The van der Waals surface area contributed by atoms with Gasteiger partial charge in [0, 0.05) is 0 Å². The molecule has 0 aliphatic rings. The van der Waals surface area contributed by atoms with Gasteiger partial charge in [0.05, 0.1) is 11.8 Å². The van der Waals surface area contributed by atoms with E-state index in [9.17, 15) is 25.5 Å². The lowest BCUT2D eigenvalue weighted by atomic mass is 10.2. The van der Waals surface area contributed by atoms with Crippen LogP contribution in [0.15, 0.2) is 17.2 Å². The van der Waals surface area contributed by atoms with Crippen LogP contribution >= 0.6 is 11.6 Å². The number of pyridine rings is 1. The Kier molecular flexibility index (Phi) is 2.92. The normalized spacial score (nSPS) is 12.9. The van der Waals surface area contributed by atoms with Crippen LogP contribution in [0.3, 0.4) is 0 Å². The molecule has 0 amide bonds. The van der Waals surface area contributed by atoms with Gasteiger partial charge in [0.2, 0.25) is 0 Å². The topological polar surface area (TPSA) is 47.0 Å². The SMILES string of the molecule is O=S(=O)(F)c1cnc(Cl)cc1C(F)(F)F. The number of hydrogen-bond acceptors (Lipinski definition) is 3. The van der Waals surface area contributed by atoms with E-state index in [1.54, 1.807) is 0 Å². The van der Waals surface area contributed by atoms with Gasteiger partial charge in [-0.3, -0.25) is 0 Å². The Bertz CT molecular complexity index is 484. The number of halogens is 5. The zero-order valence-corrected chi connectivity index (χ0v) is 8.29. The maximum atomic E-state index is 12.4. The Balaban J connectivity index is 3.55. The maximum Gasteiger partial charge on any atom is 0.417 e. The van der Waals surface area contributed by atoms with Gasteiger partial charge in [-0.2, -0.15) is 21.6 Å². The number of hydrogen-bond donors (Lipinski definition) is 0. The fraction of sp³-hybridized carbons (Fsp3) is 0.167. The van der Waals surface area contributed by atoms with Crippen LogP contribution < -0.4 is 0 Å². The first-order valence-electron chi connectivity index (χ1n) is 3.30. The van der Waals surface area contributed by atoms with Gasteiger partial charge < -0.3 is 0 Å². The summed E-state index contributed by atoms with van der Waals surface area (Å²) in [6.45, 7) is 0. The Labute approximate surface area is 86.9 Å². The molecule has 1 aromatic heterocycles. The predicted octanol–water partition coefficient (Wildman–Crippen LogP) is 2.41. The molecular weight excluding hydrogens is 262 g/mol. The largest absolute Gasteiger partial charge is 0.417 e. The molecule has 3 nitrogen and oxygen atoms in total. The summed E-state index contributed by atoms with van der Waals surface area (Å²) in [5, 5.41) is -0.574. The third kappa shape index (κ3) is 2.78. The lowest BCUT2D eigenvalue weighted by Crippen LogP contribution is -2.11. The molecule has 0 radical (unpaired) electrons. The van der Waals surface area contributed by atoms with Crippen LogP contribution in [-0.4, -0.2) is 13.4 Å². The molecule has 0 saturated heterocycles. The third-order valence-corrected chi connectivity index (χ3v) is 2.46. The molecule has 0 aromatic carbocycles. The number of nitrogens with zero attached hydrogens (tertiary/aromatic N) is 1. The van der Waals surface area contributed by atoms with E-state index in [-0.39, 0.29) is 12.3 Å². The summed E-state index contributed by atoms with van der Waals surface area (Å²) in [4.78, 5) is 1.52. The first-order valence-corrected chi connectivity index (χ1v) is 5.06. The van der Waals surface area contributed by atoms with Gasteiger partial charge in [0.1, 0.15) is 10.0 Å². The summed E-state index contributed by atoms with van der Waals surface area (Å²) in [7, 11) is -5.47. The molecule has 0 saturated carbocycles. The average Bonchev–Trinajstić information content (AvgIpc) is 2.00. The summed E-state index contributed by atoms with van der Waals surface area (Å²) in [6, 6.07) is 0.244. The second-order valence-electron chi connectivity index (χ2n) is 2.44. The summed E-state index contributed by atoms with van der Waals surface area (Å²) >= 11 is 5.14. The molecule has 9 heteroatoms. The van der Waals surface area contributed by atoms with E-state index in [1.807, 2.05) is 0 Å². The van der Waals surface area contributed by atoms with Gasteiger partial charge in [0.15, 0.2) is 0 Å². The van der Waals surface area contributed by atoms with Crippen molar-refractivity contribution >= 4 is 21.8 Å². The van der Waals surface area contributed by atoms with Crippen molar-refractivity contribution < 1.29 is 25.5 Å². The van der Waals surface area contributed by atoms with Gasteiger partial charge in [-0.05, 0) is 6.07 Å². The molecular formula is C6H2ClF4NO2S. The molecule has 15 heavy (non-hydrogen) atoms. The van der Waals surface area contributed by atoms with E-state index in [0.29, 0.717) is 0 Å². The van der Waals surface area contributed by atoms with Crippen LogP contribution in [0.2, 0.25) is 5.15 Å². The zero-order chi connectivity index (χ0) is 11.9. The Hall–Kier alpha value is -0.890. The third-order valence-electron chi connectivity index (χ3n) is 1.40. The lowest BCUT2D eigenvalue weighted by Gasteiger charge is -2.09. The molecule has 0 aliphatic heterocycles. The minimum atomic E-state index is -5.47. The standard InChI is InChI=1S/C6H2ClF4NO2S/c7-5-1-3(6(8,9)10)4(2-12-5)15(11,13)14/h1-2H. The second kappa shape index (κ2) is 3.60. The van der Waals surface area contributed by atoms with Crippen LogP contribution in [0.5, 0.6) is 0 Å². The minimum Gasteiger partial charge on any atom is -0.243 e. The molecule has 0 atom stereocenters. The van der Waals surface area contributed by atoms with Crippen LogP contribution in [0.4, 0.5) is 17.1 Å². The number of aromatic nitrogens is 1. The Morgan fingerprint density at radius 1 is 1.33 bits per heavy atom. The van der Waals surface area contributed by atoms with Gasteiger partial charge in [-0.15, -0.1) is 3.89 Å². The first kappa shape index (κ1) is 12.2. The molecule has 1 aromatic rings. The minimum absolute atomic E-state index is 0.223. The van der Waals surface area contributed by atoms with Crippen LogP contribution in [-0.2, 0) is 16.4 Å². The van der Waals surface area contributed by atoms with Crippen molar-refractivity contribution in [2.45, 2.75) is 11.1 Å². The highest BCUT2D eigenvalue weighted by Crippen LogP contribution is 2.35. The number of alkyl halides is 3. The molecule has 0 fully saturated rings. The summed E-state index contributed by atoms with van der Waals surface area (Å²) < 4.78 is 69.9. The van der Waals surface area contributed by atoms with E-state index in [4.69, 9.17) is 11.6 Å². The molecule has 0 bridgehead atoms. The van der Waals surface area contributed by atoms with E-state index >= 15 is 0 Å². The van der Waals surface area contributed by atoms with E-state index in [2.05, 4.69) is 4.98 Å². The predicted molar refractivity (Wildman–Crippen MR) is 42.5 cm³/mol. The van der Waals surface area contributed by atoms with Crippen molar-refractivity contribution in [3.63, 3.8) is 0 Å². The first-order chi connectivity index (χ1) is 6.62.